The van der Waals surface area contributed by atoms with Gasteiger partial charge in [0.25, 0.3) is 0 Å². The van der Waals surface area contributed by atoms with E-state index < -0.39 is 0 Å². The van der Waals surface area contributed by atoms with Crippen LogP contribution in [-0.2, 0) is 0 Å². The number of furan rings is 1. The third-order valence-electron chi connectivity index (χ3n) is 2.46. The number of hydrogen-bond donors (Lipinski definition) is 1. The molecule has 0 amide bonds. The highest BCUT2D eigenvalue weighted by atomic mass is 32.2. The maximum absolute atomic E-state index is 6.09. The minimum atomic E-state index is 0.00366. The molecular weight excluding hydrogens is 218 g/mol. The van der Waals surface area contributed by atoms with Crippen LogP contribution in [0, 0.1) is 0 Å². The Morgan fingerprint density at radius 2 is 2.19 bits per heavy atom. The van der Waals surface area contributed by atoms with Crippen LogP contribution in [0.1, 0.15) is 25.1 Å². The standard InChI is InChI=1S/C13H17NOS/c1-2-7-16-9-11(14)13-8-10-5-3-4-6-12(10)15-13/h3-6,8,11H,2,7,9,14H2,1H3. The molecule has 3 heteroatoms. The molecule has 1 heterocycles. The Kier molecular flexibility index (Phi) is 3.91. The Balaban J connectivity index is 2.07. The summed E-state index contributed by atoms with van der Waals surface area (Å²) in [5.41, 5.74) is 7.01. The van der Waals surface area contributed by atoms with Crippen molar-refractivity contribution < 1.29 is 4.42 Å². The number of nitrogens with two attached hydrogens (primary N) is 1. The van der Waals surface area contributed by atoms with Crippen LogP contribution in [0.4, 0.5) is 0 Å². The predicted octanol–water partition coefficient (Wildman–Crippen LogP) is 3.58. The summed E-state index contributed by atoms with van der Waals surface area (Å²) in [6.45, 7) is 2.18. The van der Waals surface area contributed by atoms with Crippen molar-refractivity contribution in [3.8, 4) is 0 Å². The average Bonchev–Trinajstić information content (AvgIpc) is 2.73. The highest BCUT2D eigenvalue weighted by molar-refractivity contribution is 7.99. The Morgan fingerprint density at radius 1 is 1.38 bits per heavy atom. The van der Waals surface area contributed by atoms with Crippen molar-refractivity contribution in [1.29, 1.82) is 0 Å². The van der Waals surface area contributed by atoms with Crippen LogP contribution in [0.15, 0.2) is 34.7 Å². The van der Waals surface area contributed by atoms with Crippen LogP contribution in [0.3, 0.4) is 0 Å². The van der Waals surface area contributed by atoms with Gasteiger partial charge in [0.05, 0.1) is 6.04 Å². The number of para-hydroxylation sites is 1. The summed E-state index contributed by atoms with van der Waals surface area (Å²) < 4.78 is 5.72. The van der Waals surface area contributed by atoms with Crippen LogP contribution in [0.5, 0.6) is 0 Å². The van der Waals surface area contributed by atoms with Gasteiger partial charge in [-0.25, -0.2) is 0 Å². The molecule has 0 saturated carbocycles. The van der Waals surface area contributed by atoms with E-state index in [2.05, 4.69) is 6.92 Å². The largest absolute Gasteiger partial charge is 0.459 e. The molecule has 2 nitrogen and oxygen atoms in total. The van der Waals surface area contributed by atoms with Crippen molar-refractivity contribution in [2.75, 3.05) is 11.5 Å². The molecule has 86 valence electrons. The van der Waals surface area contributed by atoms with Crippen molar-refractivity contribution >= 4 is 22.7 Å². The number of fused-ring (bicyclic) bond motifs is 1. The smallest absolute Gasteiger partial charge is 0.134 e. The third-order valence-corrected chi connectivity index (χ3v) is 3.75. The minimum absolute atomic E-state index is 0.00366. The molecule has 2 N–H and O–H groups in total. The summed E-state index contributed by atoms with van der Waals surface area (Å²) in [6, 6.07) is 10.1. The molecule has 1 aromatic carbocycles. The van der Waals surface area contributed by atoms with E-state index in [1.54, 1.807) is 0 Å². The van der Waals surface area contributed by atoms with Crippen molar-refractivity contribution in [1.82, 2.24) is 0 Å². The van der Waals surface area contributed by atoms with Crippen LogP contribution in [0.2, 0.25) is 0 Å². The first kappa shape index (κ1) is 11.6. The van der Waals surface area contributed by atoms with Crippen LogP contribution in [-0.4, -0.2) is 11.5 Å². The number of rotatable bonds is 5. The highest BCUT2D eigenvalue weighted by Gasteiger charge is 2.11. The second-order valence-corrected chi connectivity index (χ2v) is 5.02. The van der Waals surface area contributed by atoms with Crippen molar-refractivity contribution in [3.63, 3.8) is 0 Å². The minimum Gasteiger partial charge on any atom is -0.459 e. The van der Waals surface area contributed by atoms with Gasteiger partial charge in [-0.15, -0.1) is 0 Å². The maximum atomic E-state index is 6.09. The normalized spacial score (nSPS) is 13.1. The highest BCUT2D eigenvalue weighted by Crippen LogP contribution is 2.24. The Morgan fingerprint density at radius 3 is 2.94 bits per heavy atom. The van der Waals surface area contributed by atoms with Crippen molar-refractivity contribution in [2.24, 2.45) is 5.73 Å². The molecule has 0 bridgehead atoms. The fourth-order valence-electron chi connectivity index (χ4n) is 1.62. The summed E-state index contributed by atoms with van der Waals surface area (Å²) in [5.74, 6) is 2.98. The molecule has 2 rings (SSSR count). The average molecular weight is 235 g/mol. The lowest BCUT2D eigenvalue weighted by Crippen LogP contribution is -2.12. The molecule has 0 saturated heterocycles. The first-order valence-electron chi connectivity index (χ1n) is 5.63. The Labute approximate surface area is 100 Å². The summed E-state index contributed by atoms with van der Waals surface area (Å²) in [6.07, 6.45) is 1.19. The van der Waals surface area contributed by atoms with E-state index in [0.29, 0.717) is 0 Å². The molecule has 0 aliphatic heterocycles. The first-order valence-corrected chi connectivity index (χ1v) is 6.78. The summed E-state index contributed by atoms with van der Waals surface area (Å²) in [7, 11) is 0. The molecule has 1 unspecified atom stereocenters. The Hall–Kier alpha value is -0.930. The van der Waals surface area contributed by atoms with E-state index in [-0.39, 0.29) is 6.04 Å². The van der Waals surface area contributed by atoms with Crippen LogP contribution in [0.25, 0.3) is 11.0 Å². The van der Waals surface area contributed by atoms with Gasteiger partial charge >= 0.3 is 0 Å². The van der Waals surface area contributed by atoms with Gasteiger partial charge in [-0.3, -0.25) is 0 Å². The summed E-state index contributed by atoms with van der Waals surface area (Å²) in [5, 5.41) is 1.13. The molecule has 16 heavy (non-hydrogen) atoms. The van der Waals surface area contributed by atoms with Gasteiger partial charge in [0.2, 0.25) is 0 Å². The van der Waals surface area contributed by atoms with Crippen LogP contribution < -0.4 is 5.73 Å². The molecule has 0 aliphatic carbocycles. The van der Waals surface area contributed by atoms with Crippen molar-refractivity contribution in [3.05, 3.63) is 36.1 Å². The van der Waals surface area contributed by atoms with Gasteiger partial charge in [0.1, 0.15) is 11.3 Å². The number of benzene rings is 1. The topological polar surface area (TPSA) is 39.2 Å². The summed E-state index contributed by atoms with van der Waals surface area (Å²) >= 11 is 1.88. The van der Waals surface area contributed by atoms with Gasteiger partial charge < -0.3 is 10.2 Å². The fourth-order valence-corrected chi connectivity index (χ4v) is 2.50. The zero-order chi connectivity index (χ0) is 11.4. The molecule has 2 aromatic rings. The van der Waals surface area contributed by atoms with Crippen molar-refractivity contribution in [2.45, 2.75) is 19.4 Å². The monoisotopic (exact) mass is 235 g/mol. The predicted molar refractivity (Wildman–Crippen MR) is 70.8 cm³/mol. The zero-order valence-corrected chi connectivity index (χ0v) is 10.3. The number of hydrogen-bond acceptors (Lipinski definition) is 3. The zero-order valence-electron chi connectivity index (χ0n) is 9.48. The molecule has 0 fully saturated rings. The van der Waals surface area contributed by atoms with Gasteiger partial charge in [-0.05, 0) is 24.3 Å². The molecule has 1 atom stereocenters. The second-order valence-electron chi connectivity index (χ2n) is 3.87. The first-order chi connectivity index (χ1) is 7.81. The maximum Gasteiger partial charge on any atom is 0.134 e. The third kappa shape index (κ3) is 2.60. The quantitative estimate of drug-likeness (QED) is 0.805. The van der Waals surface area contributed by atoms with Gasteiger partial charge in [-0.1, -0.05) is 25.1 Å². The molecule has 0 aliphatic rings. The van der Waals surface area contributed by atoms with E-state index in [1.807, 2.05) is 42.1 Å². The lowest BCUT2D eigenvalue weighted by atomic mass is 10.2. The second kappa shape index (κ2) is 5.41. The SMILES string of the molecule is CCCSCC(N)c1cc2ccccc2o1. The van der Waals surface area contributed by atoms with Gasteiger partial charge in [0, 0.05) is 11.1 Å². The number of thioether (sulfide) groups is 1. The lowest BCUT2D eigenvalue weighted by Gasteiger charge is -2.06. The lowest BCUT2D eigenvalue weighted by molar-refractivity contribution is 0.516. The van der Waals surface area contributed by atoms with Gasteiger partial charge in [-0.2, -0.15) is 11.8 Å². The molecular formula is C13H17NOS. The molecule has 0 spiro atoms. The van der Waals surface area contributed by atoms with E-state index in [9.17, 15) is 0 Å². The van der Waals surface area contributed by atoms with Gasteiger partial charge in [0.15, 0.2) is 0 Å². The Bertz CT molecular complexity index is 419. The molecule has 0 radical (unpaired) electrons. The van der Waals surface area contributed by atoms with Crippen LogP contribution >= 0.6 is 11.8 Å². The van der Waals surface area contributed by atoms with E-state index in [1.165, 1.54) is 6.42 Å². The van der Waals surface area contributed by atoms with E-state index in [0.717, 1.165) is 28.2 Å². The summed E-state index contributed by atoms with van der Waals surface area (Å²) in [4.78, 5) is 0. The fraction of sp³-hybridized carbons (Fsp3) is 0.385. The van der Waals surface area contributed by atoms with E-state index in [4.69, 9.17) is 10.2 Å². The molecule has 1 aromatic heterocycles. The van der Waals surface area contributed by atoms with E-state index >= 15 is 0 Å².